The van der Waals surface area contributed by atoms with Crippen LogP contribution in [0.4, 0.5) is 15.9 Å². The quantitative estimate of drug-likeness (QED) is 0.384. The Hall–Kier alpha value is -3.97. The Bertz CT molecular complexity index is 1330. The van der Waals surface area contributed by atoms with Gasteiger partial charge in [-0.1, -0.05) is 48.0 Å². The van der Waals surface area contributed by atoms with E-state index in [1.54, 1.807) is 17.0 Å². The fourth-order valence-electron chi connectivity index (χ4n) is 4.51. The van der Waals surface area contributed by atoms with E-state index >= 15 is 0 Å². The third-order valence-corrected chi connectivity index (χ3v) is 6.55. The van der Waals surface area contributed by atoms with Crippen molar-refractivity contribution in [2.24, 2.45) is 0 Å². The Morgan fingerprint density at radius 1 is 1.03 bits per heavy atom. The first-order valence-electron chi connectivity index (χ1n) is 12.2. The third kappa shape index (κ3) is 5.16. The van der Waals surface area contributed by atoms with Crippen molar-refractivity contribution < 1.29 is 14.3 Å². The average molecular weight is 485 g/mol. The van der Waals surface area contributed by atoms with Gasteiger partial charge in [-0.15, -0.1) is 0 Å². The summed E-state index contributed by atoms with van der Waals surface area (Å²) in [5, 5.41) is 14.1. The molecule has 1 amide bonds. The van der Waals surface area contributed by atoms with Gasteiger partial charge in [0.25, 0.3) is 5.91 Å². The molecule has 0 saturated heterocycles. The van der Waals surface area contributed by atoms with Crippen LogP contribution in [0.1, 0.15) is 23.4 Å². The normalized spacial score (nSPS) is 13.8. The highest BCUT2D eigenvalue weighted by molar-refractivity contribution is 5.81. The Morgan fingerprint density at radius 2 is 1.75 bits per heavy atom. The van der Waals surface area contributed by atoms with Crippen LogP contribution in [0.25, 0.3) is 11.3 Å². The van der Waals surface area contributed by atoms with Crippen LogP contribution in [0.2, 0.25) is 0 Å². The van der Waals surface area contributed by atoms with E-state index in [0.29, 0.717) is 38.2 Å². The topological polar surface area (TPSA) is 70.4 Å². The Morgan fingerprint density at radius 3 is 2.47 bits per heavy atom. The highest BCUT2D eigenvalue weighted by atomic mass is 19.1. The van der Waals surface area contributed by atoms with Crippen molar-refractivity contribution in [3.05, 3.63) is 102 Å². The van der Waals surface area contributed by atoms with Crippen LogP contribution in [-0.4, -0.2) is 38.1 Å². The predicted octanol–water partition coefficient (Wildman–Crippen LogP) is 5.08. The lowest BCUT2D eigenvalue weighted by Gasteiger charge is -2.30. The Balaban J connectivity index is 1.38. The van der Waals surface area contributed by atoms with E-state index in [4.69, 9.17) is 4.98 Å². The number of halogens is 1. The molecular formula is C29H29FN4O2. The number of imidazole rings is 1. The van der Waals surface area contributed by atoms with Gasteiger partial charge in [0.05, 0.1) is 6.54 Å². The van der Waals surface area contributed by atoms with E-state index in [1.165, 1.54) is 12.1 Å². The lowest BCUT2D eigenvalue weighted by molar-refractivity contribution is -0.142. The molecule has 0 aliphatic carbocycles. The molecule has 0 bridgehead atoms. The number of amides is 1. The van der Waals surface area contributed by atoms with Crippen LogP contribution in [0.5, 0.6) is 0 Å². The van der Waals surface area contributed by atoms with Crippen LogP contribution < -0.4 is 5.32 Å². The number of hydrogen-bond acceptors (Lipinski definition) is 4. The number of nitrogens with one attached hydrogen (secondary N) is 1. The van der Waals surface area contributed by atoms with E-state index < -0.39 is 6.10 Å². The fraction of sp³-hybridized carbons (Fsp3) is 0.241. The van der Waals surface area contributed by atoms with E-state index in [-0.39, 0.29) is 11.7 Å². The summed E-state index contributed by atoms with van der Waals surface area (Å²) < 4.78 is 15.7. The van der Waals surface area contributed by atoms with Gasteiger partial charge in [0.2, 0.25) is 0 Å². The highest BCUT2D eigenvalue weighted by Gasteiger charge is 2.29. The number of anilines is 2. The maximum Gasteiger partial charge on any atom is 0.251 e. The first-order chi connectivity index (χ1) is 17.5. The second kappa shape index (κ2) is 10.3. The van der Waals surface area contributed by atoms with Crippen LogP contribution in [0.3, 0.4) is 0 Å². The summed E-state index contributed by atoms with van der Waals surface area (Å²) in [5.41, 5.74) is 4.66. The van der Waals surface area contributed by atoms with Crippen molar-refractivity contribution in [2.45, 2.75) is 39.0 Å². The van der Waals surface area contributed by atoms with Crippen molar-refractivity contribution >= 4 is 17.4 Å². The minimum atomic E-state index is -1.06. The van der Waals surface area contributed by atoms with Gasteiger partial charge >= 0.3 is 0 Å². The van der Waals surface area contributed by atoms with E-state index in [9.17, 15) is 14.3 Å². The number of benzene rings is 3. The van der Waals surface area contributed by atoms with Gasteiger partial charge in [0, 0.05) is 24.3 Å². The third-order valence-electron chi connectivity index (χ3n) is 6.55. The molecule has 6 nitrogen and oxygen atoms in total. The first-order valence-corrected chi connectivity index (χ1v) is 12.2. The molecule has 0 radical (unpaired) electrons. The molecule has 2 heterocycles. The number of aromatic nitrogens is 2. The molecule has 0 unspecified atom stereocenters. The maximum absolute atomic E-state index is 13.6. The number of fused-ring (bicyclic) bond motifs is 1. The number of nitrogens with zero attached hydrogens (tertiary/aromatic N) is 3. The summed E-state index contributed by atoms with van der Waals surface area (Å²) in [5.74, 6) is 0.935. The maximum atomic E-state index is 13.6. The molecule has 5 rings (SSSR count). The molecule has 2 N–H and O–H groups in total. The number of aliphatic hydroxyl groups excluding tert-OH is 1. The van der Waals surface area contributed by atoms with Crippen LogP contribution >= 0.6 is 0 Å². The van der Waals surface area contributed by atoms with Crippen molar-refractivity contribution in [3.63, 3.8) is 0 Å². The lowest BCUT2D eigenvalue weighted by Crippen LogP contribution is -2.44. The summed E-state index contributed by atoms with van der Waals surface area (Å²) in [6.45, 7) is 3.34. The standard InChI is InChI=1S/C29H29FN4O2/c1-20-7-14-24(15-8-20)31-28-27(22-10-12-23(30)13-11-22)32-26-19-33(17-18-34(26)28)29(36)25(35)16-9-21-5-3-2-4-6-21/h2-8,10-15,25,31,35H,9,16-19H2,1H3/t25-/m1/s1. The number of aryl methyl sites for hydroxylation is 2. The molecule has 1 atom stereocenters. The zero-order chi connectivity index (χ0) is 25.1. The second-order valence-corrected chi connectivity index (χ2v) is 9.17. The molecule has 4 aromatic rings. The van der Waals surface area contributed by atoms with Gasteiger partial charge in [-0.2, -0.15) is 0 Å². The van der Waals surface area contributed by atoms with Gasteiger partial charge in [-0.25, -0.2) is 9.37 Å². The average Bonchev–Trinajstić information content (AvgIpc) is 3.26. The molecule has 1 aliphatic heterocycles. The zero-order valence-corrected chi connectivity index (χ0v) is 20.2. The minimum absolute atomic E-state index is 0.281. The molecule has 3 aromatic carbocycles. The largest absolute Gasteiger partial charge is 0.383 e. The second-order valence-electron chi connectivity index (χ2n) is 9.17. The van der Waals surface area contributed by atoms with Gasteiger partial charge in [-0.05, 0) is 61.7 Å². The monoisotopic (exact) mass is 484 g/mol. The van der Waals surface area contributed by atoms with Crippen molar-refractivity contribution in [2.75, 3.05) is 11.9 Å². The van der Waals surface area contributed by atoms with Crippen LogP contribution in [0.15, 0.2) is 78.9 Å². The fourth-order valence-corrected chi connectivity index (χ4v) is 4.51. The predicted molar refractivity (Wildman–Crippen MR) is 138 cm³/mol. The lowest BCUT2D eigenvalue weighted by atomic mass is 10.1. The molecular weight excluding hydrogens is 455 g/mol. The summed E-state index contributed by atoms with van der Waals surface area (Å²) in [6.07, 6.45) is -0.0573. The van der Waals surface area contributed by atoms with Crippen molar-refractivity contribution in [1.29, 1.82) is 0 Å². The Kier molecular flexibility index (Phi) is 6.82. The number of carbonyl (C=O) groups is 1. The number of carbonyl (C=O) groups excluding carboxylic acids is 1. The molecule has 184 valence electrons. The first kappa shape index (κ1) is 23.8. The summed E-state index contributed by atoms with van der Waals surface area (Å²) >= 11 is 0. The van der Waals surface area contributed by atoms with E-state index in [2.05, 4.69) is 9.88 Å². The number of hydrogen-bond donors (Lipinski definition) is 2. The molecule has 0 saturated carbocycles. The molecule has 0 spiro atoms. The Labute approximate surface area is 210 Å². The van der Waals surface area contributed by atoms with Crippen LogP contribution in [-0.2, 0) is 24.3 Å². The zero-order valence-electron chi connectivity index (χ0n) is 20.2. The van der Waals surface area contributed by atoms with E-state index in [1.807, 2.05) is 61.5 Å². The van der Waals surface area contributed by atoms with Gasteiger partial charge < -0.3 is 19.9 Å². The number of rotatable bonds is 7. The molecule has 36 heavy (non-hydrogen) atoms. The smallest absolute Gasteiger partial charge is 0.251 e. The summed E-state index contributed by atoms with van der Waals surface area (Å²) in [7, 11) is 0. The minimum Gasteiger partial charge on any atom is -0.383 e. The SMILES string of the molecule is Cc1ccc(Nc2c(-c3ccc(F)cc3)nc3n2CCN(C(=O)[C@H](O)CCc2ccccc2)C3)cc1. The van der Waals surface area contributed by atoms with Crippen LogP contribution in [0, 0.1) is 12.7 Å². The van der Waals surface area contributed by atoms with Gasteiger partial charge in [0.1, 0.15) is 29.3 Å². The molecule has 0 fully saturated rings. The number of aliphatic hydroxyl groups is 1. The van der Waals surface area contributed by atoms with Gasteiger partial charge in [-0.3, -0.25) is 4.79 Å². The molecule has 1 aromatic heterocycles. The highest BCUT2D eigenvalue weighted by Crippen LogP contribution is 2.33. The van der Waals surface area contributed by atoms with Gasteiger partial charge in [0.15, 0.2) is 0 Å². The van der Waals surface area contributed by atoms with E-state index in [0.717, 1.165) is 34.0 Å². The molecule has 7 heteroatoms. The molecule has 1 aliphatic rings. The van der Waals surface area contributed by atoms with Crippen molar-refractivity contribution in [3.8, 4) is 11.3 Å². The van der Waals surface area contributed by atoms with Crippen molar-refractivity contribution in [1.82, 2.24) is 14.5 Å². The summed E-state index contributed by atoms with van der Waals surface area (Å²) in [4.78, 5) is 19.6. The summed E-state index contributed by atoms with van der Waals surface area (Å²) in [6, 6.07) is 24.2.